The number of carbonyl (C=O) groups excluding carboxylic acids is 1. The minimum Gasteiger partial charge on any atom is -0.462 e. The monoisotopic (exact) mass is 415 g/mol. The Labute approximate surface area is 180 Å². The molecule has 1 aliphatic rings. The van der Waals surface area contributed by atoms with Gasteiger partial charge in [0.25, 0.3) is 5.91 Å². The van der Waals surface area contributed by atoms with Gasteiger partial charge in [0.1, 0.15) is 16.9 Å². The lowest BCUT2D eigenvalue weighted by atomic mass is 9.95. The van der Waals surface area contributed by atoms with E-state index in [0.29, 0.717) is 17.6 Å². The van der Waals surface area contributed by atoms with Gasteiger partial charge in [-0.15, -0.1) is 5.10 Å². The summed E-state index contributed by atoms with van der Waals surface area (Å²) in [6.07, 6.45) is 9.87. The zero-order chi connectivity index (χ0) is 21.2. The molecule has 0 radical (unpaired) electrons. The van der Waals surface area contributed by atoms with Crippen LogP contribution in [0.5, 0.6) is 0 Å². The maximum atomic E-state index is 12.9. The van der Waals surface area contributed by atoms with Crippen molar-refractivity contribution in [2.75, 3.05) is 0 Å². The number of hydrogen-bond acceptors (Lipinski definition) is 5. The summed E-state index contributed by atoms with van der Waals surface area (Å²) in [7, 11) is 1.85. The third-order valence-electron chi connectivity index (χ3n) is 5.91. The molecule has 0 atom stereocenters. The van der Waals surface area contributed by atoms with Crippen LogP contribution in [-0.2, 0) is 13.5 Å². The lowest BCUT2D eigenvalue weighted by molar-refractivity contribution is 0.0923. The Morgan fingerprint density at radius 2 is 1.97 bits per heavy atom. The first-order valence-corrected chi connectivity index (χ1v) is 10.8. The van der Waals surface area contributed by atoms with Gasteiger partial charge >= 0.3 is 0 Å². The molecule has 31 heavy (non-hydrogen) atoms. The van der Waals surface area contributed by atoms with Crippen LogP contribution in [0.1, 0.15) is 53.7 Å². The van der Waals surface area contributed by atoms with Crippen molar-refractivity contribution < 1.29 is 9.21 Å². The van der Waals surface area contributed by atoms with Crippen molar-refractivity contribution in [2.24, 2.45) is 7.05 Å². The highest BCUT2D eigenvalue weighted by molar-refractivity contribution is 5.95. The van der Waals surface area contributed by atoms with E-state index in [-0.39, 0.29) is 11.9 Å². The smallest absolute Gasteiger partial charge is 0.270 e. The molecule has 0 spiro atoms. The number of rotatable bonds is 5. The summed E-state index contributed by atoms with van der Waals surface area (Å²) >= 11 is 0. The van der Waals surface area contributed by atoms with Gasteiger partial charge in [0.05, 0.1) is 12.5 Å². The fraction of sp³-hybridized carbons (Fsp3) is 0.333. The molecule has 3 heterocycles. The summed E-state index contributed by atoms with van der Waals surface area (Å²) in [6, 6.07) is 12.1. The third kappa shape index (κ3) is 4.21. The summed E-state index contributed by atoms with van der Waals surface area (Å²) in [6.45, 7) is 0. The van der Waals surface area contributed by atoms with Gasteiger partial charge in [-0.2, -0.15) is 0 Å². The van der Waals surface area contributed by atoms with Crippen LogP contribution in [0.15, 0.2) is 53.3 Å². The number of carbonyl (C=O) groups is 1. The second-order valence-electron chi connectivity index (χ2n) is 8.26. The van der Waals surface area contributed by atoms with Crippen LogP contribution in [0.4, 0.5) is 0 Å². The fourth-order valence-corrected chi connectivity index (χ4v) is 4.27. The maximum absolute atomic E-state index is 12.9. The van der Waals surface area contributed by atoms with Gasteiger partial charge in [-0.1, -0.05) is 48.7 Å². The van der Waals surface area contributed by atoms with E-state index in [1.807, 2.05) is 37.5 Å². The van der Waals surface area contributed by atoms with E-state index in [1.54, 1.807) is 10.9 Å². The number of fused-ring (bicyclic) bond motifs is 1. The Bertz CT molecular complexity index is 1200. The van der Waals surface area contributed by atoms with E-state index in [4.69, 9.17) is 4.42 Å². The predicted octanol–water partition coefficient (Wildman–Crippen LogP) is 4.28. The molecular weight excluding hydrogens is 390 g/mol. The average molecular weight is 415 g/mol. The molecule has 1 aromatic carbocycles. The van der Waals surface area contributed by atoms with Crippen molar-refractivity contribution >= 4 is 17.0 Å². The molecule has 3 aromatic heterocycles. The highest BCUT2D eigenvalue weighted by Crippen LogP contribution is 2.25. The topological polar surface area (TPSA) is 85.8 Å². The van der Waals surface area contributed by atoms with E-state index in [0.717, 1.165) is 40.8 Å². The minimum absolute atomic E-state index is 0.103. The molecule has 7 heteroatoms. The Kier molecular flexibility index (Phi) is 5.24. The first-order chi connectivity index (χ1) is 15.2. The molecule has 1 amide bonds. The Morgan fingerprint density at radius 1 is 1.16 bits per heavy atom. The summed E-state index contributed by atoms with van der Waals surface area (Å²) < 4.78 is 7.37. The van der Waals surface area contributed by atoms with Crippen molar-refractivity contribution in [2.45, 2.75) is 44.6 Å². The molecule has 4 aromatic rings. The van der Waals surface area contributed by atoms with Gasteiger partial charge in [-0.25, -0.2) is 4.98 Å². The minimum atomic E-state index is -0.103. The van der Waals surface area contributed by atoms with Crippen molar-refractivity contribution in [1.82, 2.24) is 25.3 Å². The average Bonchev–Trinajstić information content (AvgIpc) is 3.44. The van der Waals surface area contributed by atoms with Crippen LogP contribution >= 0.6 is 0 Å². The van der Waals surface area contributed by atoms with Crippen molar-refractivity contribution in [1.29, 1.82) is 0 Å². The Hall–Kier alpha value is -3.48. The summed E-state index contributed by atoms with van der Waals surface area (Å²) in [5.41, 5.74) is 5.82. The van der Waals surface area contributed by atoms with Crippen molar-refractivity contribution in [3.8, 4) is 11.3 Å². The SMILES string of the molecule is Cn1cc(-c2ccc(Cc3cc(C(=O)NC4CCCCC4)nc4ccoc34)cc2)nn1. The second-order valence-corrected chi connectivity index (χ2v) is 8.26. The van der Waals surface area contributed by atoms with E-state index in [9.17, 15) is 4.79 Å². The van der Waals surface area contributed by atoms with Gasteiger partial charge in [-0.05, 0) is 24.5 Å². The standard InChI is InChI=1S/C24H25N5O2/c1-29-15-22(27-28-29)17-9-7-16(8-10-17)13-18-14-21(26-20-11-12-31-23(18)20)24(30)25-19-5-3-2-4-6-19/h7-12,14-15,19H,2-6,13H2,1H3,(H,25,30). The summed E-state index contributed by atoms with van der Waals surface area (Å²) in [5, 5.41) is 11.3. The number of nitrogens with zero attached hydrogens (tertiary/aromatic N) is 4. The third-order valence-corrected chi connectivity index (χ3v) is 5.91. The van der Waals surface area contributed by atoms with E-state index >= 15 is 0 Å². The molecule has 0 bridgehead atoms. The lowest BCUT2D eigenvalue weighted by Gasteiger charge is -2.22. The number of hydrogen-bond donors (Lipinski definition) is 1. The zero-order valence-electron chi connectivity index (χ0n) is 17.5. The Morgan fingerprint density at radius 3 is 2.71 bits per heavy atom. The first-order valence-electron chi connectivity index (χ1n) is 10.8. The van der Waals surface area contributed by atoms with Crippen LogP contribution in [0.25, 0.3) is 22.4 Å². The van der Waals surface area contributed by atoms with Crippen LogP contribution < -0.4 is 5.32 Å². The summed E-state index contributed by atoms with van der Waals surface area (Å²) in [5.74, 6) is -0.103. The van der Waals surface area contributed by atoms with Crippen molar-refractivity contribution in [3.05, 3.63) is 65.7 Å². The van der Waals surface area contributed by atoms with Crippen LogP contribution in [0.2, 0.25) is 0 Å². The van der Waals surface area contributed by atoms with E-state index in [1.165, 1.54) is 19.3 Å². The van der Waals surface area contributed by atoms with Crippen LogP contribution in [0.3, 0.4) is 0 Å². The predicted molar refractivity (Wildman–Crippen MR) is 118 cm³/mol. The molecule has 1 fully saturated rings. The molecule has 0 aliphatic heterocycles. The highest BCUT2D eigenvalue weighted by atomic mass is 16.3. The molecule has 158 valence electrons. The van der Waals surface area contributed by atoms with E-state index < -0.39 is 0 Å². The molecule has 0 unspecified atom stereocenters. The molecular formula is C24H25N5O2. The largest absolute Gasteiger partial charge is 0.462 e. The van der Waals surface area contributed by atoms with Crippen LogP contribution in [-0.4, -0.2) is 31.9 Å². The van der Waals surface area contributed by atoms with Gasteiger partial charge in [-0.3, -0.25) is 9.48 Å². The number of aromatic nitrogens is 4. The van der Waals surface area contributed by atoms with Gasteiger partial charge in [0.2, 0.25) is 0 Å². The number of amides is 1. The van der Waals surface area contributed by atoms with Crippen LogP contribution in [0, 0.1) is 0 Å². The second kappa shape index (κ2) is 8.34. The number of furan rings is 1. The molecule has 0 saturated heterocycles. The quantitative estimate of drug-likeness (QED) is 0.526. The highest BCUT2D eigenvalue weighted by Gasteiger charge is 2.19. The normalized spacial score (nSPS) is 14.7. The van der Waals surface area contributed by atoms with Crippen molar-refractivity contribution in [3.63, 3.8) is 0 Å². The maximum Gasteiger partial charge on any atom is 0.270 e. The molecule has 1 saturated carbocycles. The van der Waals surface area contributed by atoms with E-state index in [2.05, 4.69) is 32.7 Å². The fourth-order valence-electron chi connectivity index (χ4n) is 4.27. The zero-order valence-corrected chi connectivity index (χ0v) is 17.5. The number of pyridine rings is 1. The number of benzene rings is 1. The number of aryl methyl sites for hydroxylation is 1. The van der Waals surface area contributed by atoms with Gasteiger partial charge < -0.3 is 9.73 Å². The van der Waals surface area contributed by atoms with Gasteiger partial charge in [0.15, 0.2) is 5.58 Å². The lowest BCUT2D eigenvalue weighted by Crippen LogP contribution is -2.36. The van der Waals surface area contributed by atoms with Gasteiger partial charge in [0, 0.05) is 36.7 Å². The summed E-state index contributed by atoms with van der Waals surface area (Å²) in [4.78, 5) is 17.4. The molecule has 1 N–H and O–H groups in total. The number of nitrogens with one attached hydrogen (secondary N) is 1. The Balaban J connectivity index is 1.38. The molecule has 1 aliphatic carbocycles. The molecule has 7 nitrogen and oxygen atoms in total. The first kappa shape index (κ1) is 19.5. The molecule has 5 rings (SSSR count).